The van der Waals surface area contributed by atoms with Gasteiger partial charge in [0.15, 0.2) is 11.4 Å². The number of hydrogen-bond donors (Lipinski definition) is 2. The number of thiazole rings is 1. The van der Waals surface area contributed by atoms with E-state index >= 15 is 0 Å². The molecule has 0 spiro atoms. The summed E-state index contributed by atoms with van der Waals surface area (Å²) in [5, 5.41) is 17.4. The first-order chi connectivity index (χ1) is 15.0. The molecule has 1 unspecified atom stereocenters. The van der Waals surface area contributed by atoms with Gasteiger partial charge in [0.2, 0.25) is 5.95 Å². The number of rotatable bonds is 4. The molecule has 1 aromatic carbocycles. The van der Waals surface area contributed by atoms with Crippen LogP contribution in [-0.2, 0) is 5.60 Å². The number of anilines is 1. The van der Waals surface area contributed by atoms with Crippen molar-refractivity contribution in [3.8, 4) is 23.1 Å². The van der Waals surface area contributed by atoms with Gasteiger partial charge in [-0.25, -0.2) is 15.0 Å². The first kappa shape index (κ1) is 18.6. The lowest BCUT2D eigenvalue weighted by atomic mass is 9.50. The highest BCUT2D eigenvalue weighted by molar-refractivity contribution is 7.09. The fourth-order valence-electron chi connectivity index (χ4n) is 4.46. The van der Waals surface area contributed by atoms with Crippen LogP contribution >= 0.6 is 11.3 Å². The van der Waals surface area contributed by atoms with Crippen LogP contribution < -0.4 is 5.32 Å². The second-order valence-corrected chi connectivity index (χ2v) is 9.54. The lowest BCUT2D eigenvalue weighted by Gasteiger charge is -2.61. The second kappa shape index (κ2) is 6.64. The molecule has 0 aliphatic heterocycles. The third-order valence-corrected chi connectivity index (χ3v) is 7.15. The SMILES string of the molecule is CC(O)(C#Cc1cc2cccc(-c3ccnc(NC45CC(C4)C5)n3)c2o1)c1nccs1. The van der Waals surface area contributed by atoms with Crippen LogP contribution in [0.4, 0.5) is 5.95 Å². The quantitative estimate of drug-likeness (QED) is 0.463. The van der Waals surface area contributed by atoms with E-state index in [0.717, 1.165) is 28.1 Å². The first-order valence-corrected chi connectivity index (χ1v) is 11.2. The molecule has 6 nitrogen and oxygen atoms in total. The number of nitrogens with zero attached hydrogens (tertiary/aromatic N) is 3. The number of aromatic nitrogens is 3. The normalized spacial score (nSPS) is 23.2. The molecule has 0 radical (unpaired) electrons. The van der Waals surface area contributed by atoms with Gasteiger partial charge in [-0.2, -0.15) is 0 Å². The lowest BCUT2D eigenvalue weighted by molar-refractivity contribution is 0.00147. The molecule has 0 amide bonds. The predicted octanol–water partition coefficient (Wildman–Crippen LogP) is 4.57. The molecule has 3 aliphatic rings. The van der Waals surface area contributed by atoms with Gasteiger partial charge >= 0.3 is 0 Å². The highest BCUT2D eigenvalue weighted by Crippen LogP contribution is 2.58. The second-order valence-electron chi connectivity index (χ2n) is 8.64. The van der Waals surface area contributed by atoms with E-state index in [9.17, 15) is 5.11 Å². The average Bonchev–Trinajstić information content (AvgIpc) is 3.38. The summed E-state index contributed by atoms with van der Waals surface area (Å²) in [6.45, 7) is 1.63. The van der Waals surface area contributed by atoms with Gasteiger partial charge in [-0.05, 0) is 50.2 Å². The Hall–Kier alpha value is -3.21. The van der Waals surface area contributed by atoms with Gasteiger partial charge in [0, 0.05) is 40.3 Å². The highest BCUT2D eigenvalue weighted by atomic mass is 32.1. The molecule has 31 heavy (non-hydrogen) atoms. The molecule has 3 aliphatic carbocycles. The number of benzene rings is 1. The summed E-state index contributed by atoms with van der Waals surface area (Å²) in [7, 11) is 0. The molecule has 7 heteroatoms. The van der Waals surface area contributed by atoms with Crippen molar-refractivity contribution in [1.82, 2.24) is 15.0 Å². The van der Waals surface area contributed by atoms with E-state index in [0.29, 0.717) is 16.7 Å². The van der Waals surface area contributed by atoms with Crippen molar-refractivity contribution < 1.29 is 9.52 Å². The van der Waals surface area contributed by atoms with Crippen molar-refractivity contribution >= 4 is 28.3 Å². The molecule has 3 heterocycles. The zero-order valence-electron chi connectivity index (χ0n) is 16.9. The average molecular weight is 429 g/mol. The van der Waals surface area contributed by atoms with E-state index in [1.54, 1.807) is 19.3 Å². The molecule has 3 saturated carbocycles. The smallest absolute Gasteiger partial charge is 0.223 e. The van der Waals surface area contributed by atoms with E-state index in [4.69, 9.17) is 9.40 Å². The Labute approximate surface area is 183 Å². The van der Waals surface area contributed by atoms with Gasteiger partial charge in [0.1, 0.15) is 10.6 Å². The van der Waals surface area contributed by atoms with Crippen molar-refractivity contribution in [1.29, 1.82) is 0 Å². The minimum Gasteiger partial charge on any atom is -0.447 e. The maximum absolute atomic E-state index is 10.6. The van der Waals surface area contributed by atoms with Crippen molar-refractivity contribution in [3.05, 3.63) is 58.9 Å². The Morgan fingerprint density at radius 2 is 2.10 bits per heavy atom. The zero-order valence-corrected chi connectivity index (χ0v) is 17.7. The predicted molar refractivity (Wildman–Crippen MR) is 119 cm³/mol. The molecule has 2 N–H and O–H groups in total. The van der Waals surface area contributed by atoms with E-state index in [1.807, 2.05) is 35.7 Å². The molecule has 154 valence electrons. The van der Waals surface area contributed by atoms with E-state index in [1.165, 1.54) is 30.6 Å². The zero-order chi connectivity index (χ0) is 21.1. The van der Waals surface area contributed by atoms with Gasteiger partial charge in [-0.3, -0.25) is 0 Å². The number of nitrogens with one attached hydrogen (secondary N) is 1. The maximum Gasteiger partial charge on any atom is 0.223 e. The van der Waals surface area contributed by atoms with Crippen molar-refractivity contribution in [2.24, 2.45) is 5.92 Å². The Balaban J connectivity index is 1.33. The van der Waals surface area contributed by atoms with E-state index in [2.05, 4.69) is 27.1 Å². The summed E-state index contributed by atoms with van der Waals surface area (Å²) >= 11 is 1.37. The molecule has 2 bridgehead atoms. The van der Waals surface area contributed by atoms with Gasteiger partial charge in [0.25, 0.3) is 0 Å². The Morgan fingerprint density at radius 3 is 2.84 bits per heavy atom. The molecular weight excluding hydrogens is 408 g/mol. The minimum atomic E-state index is -1.33. The van der Waals surface area contributed by atoms with E-state index in [-0.39, 0.29) is 5.54 Å². The van der Waals surface area contributed by atoms with Crippen LogP contribution in [0.25, 0.3) is 22.2 Å². The number of fused-ring (bicyclic) bond motifs is 1. The van der Waals surface area contributed by atoms with Gasteiger partial charge in [-0.15, -0.1) is 11.3 Å². The summed E-state index contributed by atoms with van der Waals surface area (Å²) in [6.07, 6.45) is 7.11. The Bertz CT molecular complexity index is 1330. The van der Waals surface area contributed by atoms with Gasteiger partial charge in [0.05, 0.1) is 5.69 Å². The van der Waals surface area contributed by atoms with Crippen molar-refractivity contribution in [2.45, 2.75) is 37.3 Å². The van der Waals surface area contributed by atoms with Crippen molar-refractivity contribution in [2.75, 3.05) is 5.32 Å². The van der Waals surface area contributed by atoms with Crippen LogP contribution in [-0.4, -0.2) is 25.6 Å². The highest BCUT2D eigenvalue weighted by Gasteiger charge is 2.57. The third-order valence-electron chi connectivity index (χ3n) is 6.17. The summed E-state index contributed by atoms with van der Waals surface area (Å²) in [5.74, 6) is 7.88. The van der Waals surface area contributed by atoms with Crippen LogP contribution in [0.1, 0.15) is 37.0 Å². The van der Waals surface area contributed by atoms with Gasteiger partial charge < -0.3 is 14.8 Å². The third kappa shape index (κ3) is 3.19. The van der Waals surface area contributed by atoms with E-state index < -0.39 is 5.60 Å². The summed E-state index contributed by atoms with van der Waals surface area (Å²) in [4.78, 5) is 13.3. The van der Waals surface area contributed by atoms with Crippen molar-refractivity contribution in [3.63, 3.8) is 0 Å². The number of aliphatic hydroxyl groups is 1. The summed E-state index contributed by atoms with van der Waals surface area (Å²) < 4.78 is 6.06. The lowest BCUT2D eigenvalue weighted by Crippen LogP contribution is -2.63. The number of hydrogen-bond acceptors (Lipinski definition) is 7. The fraction of sp³-hybridized carbons (Fsp3) is 0.292. The van der Waals surface area contributed by atoms with Gasteiger partial charge in [-0.1, -0.05) is 18.1 Å². The largest absolute Gasteiger partial charge is 0.447 e. The molecular formula is C24H20N4O2S. The van der Waals surface area contributed by atoms with Crippen LogP contribution in [0.2, 0.25) is 0 Å². The number of furan rings is 1. The number of para-hydroxylation sites is 1. The first-order valence-electron chi connectivity index (χ1n) is 10.3. The summed E-state index contributed by atoms with van der Waals surface area (Å²) in [5.41, 5.74) is 1.30. The van der Waals surface area contributed by atoms with Crippen LogP contribution in [0.15, 0.2) is 52.5 Å². The Kier molecular flexibility index (Phi) is 3.98. The molecule has 7 rings (SSSR count). The van der Waals surface area contributed by atoms with Crippen LogP contribution in [0.3, 0.4) is 0 Å². The standard InChI is InChI=1S/C24H20N4O2S/c1-23(29,21-25-9-10-31-21)7-5-17-11-16-3-2-4-18(20(16)30-17)19-6-8-26-22(27-19)28-24-12-15(13-24)14-24/h2-4,6,8-11,15,29H,12-14H2,1H3,(H,26,27,28). The monoisotopic (exact) mass is 428 g/mol. The molecule has 4 aromatic rings. The fourth-order valence-corrected chi connectivity index (χ4v) is 5.12. The maximum atomic E-state index is 10.6. The molecule has 1 atom stereocenters. The molecule has 3 aromatic heterocycles. The van der Waals surface area contributed by atoms with Crippen LogP contribution in [0.5, 0.6) is 0 Å². The van der Waals surface area contributed by atoms with Crippen LogP contribution in [0, 0.1) is 17.8 Å². The Morgan fingerprint density at radius 1 is 1.23 bits per heavy atom. The molecule has 3 fully saturated rings. The minimum absolute atomic E-state index is 0.219. The summed E-state index contributed by atoms with van der Waals surface area (Å²) in [6, 6.07) is 9.72. The topological polar surface area (TPSA) is 84.1 Å². The molecule has 0 saturated heterocycles.